The first-order chi connectivity index (χ1) is 22.2. The van der Waals surface area contributed by atoms with Gasteiger partial charge in [0.2, 0.25) is 5.91 Å². The van der Waals surface area contributed by atoms with Crippen LogP contribution >= 0.6 is 20.8 Å². The highest BCUT2D eigenvalue weighted by molar-refractivity contribution is 7.28. The molecule has 1 saturated heterocycles. The second-order valence-corrected chi connectivity index (χ2v) is 13.7. The lowest BCUT2D eigenvalue weighted by Crippen LogP contribution is -2.55. The van der Waals surface area contributed by atoms with Crippen molar-refractivity contribution in [2.45, 2.75) is 63.3 Å². The van der Waals surface area contributed by atoms with E-state index >= 15 is 0 Å². The van der Waals surface area contributed by atoms with E-state index < -0.39 is 0 Å². The predicted octanol–water partition coefficient (Wildman–Crippen LogP) is 4.80. The summed E-state index contributed by atoms with van der Waals surface area (Å²) in [6, 6.07) is 7.77. The van der Waals surface area contributed by atoms with Crippen molar-refractivity contribution in [2.75, 3.05) is 32.0 Å². The highest BCUT2D eigenvalue weighted by Crippen LogP contribution is 2.47. The number of rotatable bonds is 6. The summed E-state index contributed by atoms with van der Waals surface area (Å²) in [7, 11) is 2.79. The van der Waals surface area contributed by atoms with Gasteiger partial charge >= 0.3 is 0 Å². The Labute approximate surface area is 276 Å². The predicted molar refractivity (Wildman–Crippen MR) is 184 cm³/mol. The molecule has 2 aliphatic carbocycles. The first-order valence-corrected chi connectivity index (χ1v) is 17.0. The van der Waals surface area contributed by atoms with Crippen LogP contribution in [0.4, 0.5) is 5.69 Å². The zero-order valence-electron chi connectivity index (χ0n) is 26.0. The summed E-state index contributed by atoms with van der Waals surface area (Å²) in [6.07, 6.45) is 8.11. The fourth-order valence-electron chi connectivity index (χ4n) is 6.83. The summed E-state index contributed by atoms with van der Waals surface area (Å²) < 4.78 is 6.31. The van der Waals surface area contributed by atoms with E-state index in [4.69, 9.17) is 27.1 Å². The maximum atomic E-state index is 14.0. The molecule has 2 aromatic carbocycles. The van der Waals surface area contributed by atoms with Crippen LogP contribution in [-0.2, 0) is 22.4 Å². The molecule has 1 unspecified atom stereocenters. The van der Waals surface area contributed by atoms with E-state index in [9.17, 15) is 9.59 Å². The van der Waals surface area contributed by atoms with Crippen LogP contribution in [0.1, 0.15) is 72.5 Å². The molecule has 238 valence electrons. The molecule has 11 heteroatoms. The number of halogens is 1. The van der Waals surface area contributed by atoms with Crippen molar-refractivity contribution in [1.82, 2.24) is 19.8 Å². The number of hydrogen-bond donors (Lipinski definition) is 1. The van der Waals surface area contributed by atoms with Crippen LogP contribution in [0.15, 0.2) is 48.2 Å². The molecule has 1 aromatic heterocycles. The maximum Gasteiger partial charge on any atom is 0.252 e. The van der Waals surface area contributed by atoms with Crippen molar-refractivity contribution < 1.29 is 14.3 Å². The number of carbonyl (C=O) groups excluding carboxylic acids is 2. The Hall–Kier alpha value is -3.81. The third-order valence-corrected chi connectivity index (χ3v) is 10.2. The zero-order chi connectivity index (χ0) is 32.1. The average molecular weight is 657 g/mol. The molecule has 2 N–H and O–H groups in total. The SMILES string of the molecule is C=CC(=O)N1CCN(C(=NC(=O)Cc2c(C3CC3)ncnc2C2CC2)c2cc(Cl)c3c(c2N)OCCc2cccc(P)c2-3)[C@@H](C)C1. The molecule has 9 nitrogen and oxygen atoms in total. The number of carbonyl (C=O) groups is 2. The van der Waals surface area contributed by atoms with Crippen molar-refractivity contribution >= 4 is 49.5 Å². The molecule has 3 heterocycles. The Kier molecular flexibility index (Phi) is 8.32. The smallest absolute Gasteiger partial charge is 0.252 e. The standard InChI is InChI=1S/C35H38ClN6O3P/c1-3-28(44)41-12-13-42(19(2)17-41)35(40-27(43)16-24-32(21-7-8-21)38-18-39-33(24)22-9-10-22)23-15-25(36)30-29-20(5-4-6-26(29)46)11-14-45-34(30)31(23)37/h3-6,15,18-19,21-22H,1,7-14,16-17,37,46H2,2H3/t19-/m0/s1. The van der Waals surface area contributed by atoms with Crippen LogP contribution < -0.4 is 15.8 Å². The Bertz CT molecular complexity index is 1760. The number of fused-ring (bicyclic) bond motifs is 3. The van der Waals surface area contributed by atoms with Gasteiger partial charge in [-0.15, -0.1) is 9.24 Å². The van der Waals surface area contributed by atoms with Gasteiger partial charge < -0.3 is 20.3 Å². The minimum Gasteiger partial charge on any atom is -0.490 e. The normalized spacial score (nSPS) is 19.5. The van der Waals surface area contributed by atoms with Gasteiger partial charge in [-0.05, 0) is 61.2 Å². The Morgan fingerprint density at radius 2 is 1.87 bits per heavy atom. The molecule has 46 heavy (non-hydrogen) atoms. The van der Waals surface area contributed by atoms with Crippen LogP contribution in [0, 0.1) is 0 Å². The second-order valence-electron chi connectivity index (χ2n) is 12.7. The molecule has 3 aromatic rings. The number of nitrogens with two attached hydrogens (primary N) is 1. The third-order valence-electron chi connectivity index (χ3n) is 9.45. The van der Waals surface area contributed by atoms with E-state index in [1.54, 1.807) is 11.2 Å². The minimum atomic E-state index is -0.297. The van der Waals surface area contributed by atoms with E-state index in [-0.39, 0.29) is 24.3 Å². The molecule has 3 fully saturated rings. The van der Waals surface area contributed by atoms with Crippen LogP contribution in [0.2, 0.25) is 5.02 Å². The maximum absolute atomic E-state index is 14.0. The number of amidine groups is 1. The minimum absolute atomic E-state index is 0.115. The van der Waals surface area contributed by atoms with Crippen molar-refractivity contribution in [2.24, 2.45) is 4.99 Å². The molecule has 4 aliphatic rings. The van der Waals surface area contributed by atoms with Gasteiger partial charge in [0.1, 0.15) is 12.2 Å². The summed E-state index contributed by atoms with van der Waals surface area (Å²) in [6.45, 7) is 7.45. The van der Waals surface area contributed by atoms with Gasteiger partial charge in [-0.2, -0.15) is 4.99 Å². The quantitative estimate of drug-likeness (QED) is 0.133. The number of ether oxygens (including phenoxy) is 1. The summed E-state index contributed by atoms with van der Waals surface area (Å²) in [5.74, 6) is 1.25. The van der Waals surface area contributed by atoms with Gasteiger partial charge in [0, 0.05) is 60.6 Å². The number of benzene rings is 2. The average Bonchev–Trinajstić information content (AvgIpc) is 3.95. The number of amides is 2. The number of anilines is 1. The highest BCUT2D eigenvalue weighted by Gasteiger charge is 2.36. The number of hydrogen-bond acceptors (Lipinski definition) is 6. The fourth-order valence-corrected chi connectivity index (χ4v) is 7.56. The number of nitrogens with zero attached hydrogens (tertiary/aromatic N) is 5. The van der Waals surface area contributed by atoms with Crippen LogP contribution in [0.5, 0.6) is 5.75 Å². The Morgan fingerprint density at radius 3 is 2.52 bits per heavy atom. The fraction of sp³-hybridized carbons (Fsp3) is 0.400. The Balaban J connectivity index is 1.33. The topological polar surface area (TPSA) is 114 Å². The summed E-state index contributed by atoms with van der Waals surface area (Å²) in [5, 5.41) is 1.47. The van der Waals surface area contributed by atoms with Gasteiger partial charge in [-0.25, -0.2) is 9.97 Å². The number of aliphatic imine (C=N–C) groups is 1. The molecule has 2 saturated carbocycles. The highest BCUT2D eigenvalue weighted by atomic mass is 35.5. The van der Waals surface area contributed by atoms with E-state index in [2.05, 4.69) is 36.8 Å². The molecule has 2 aliphatic heterocycles. The lowest BCUT2D eigenvalue weighted by Gasteiger charge is -2.41. The molecule has 2 atom stereocenters. The van der Waals surface area contributed by atoms with E-state index in [1.807, 2.05) is 25.1 Å². The third kappa shape index (κ3) is 5.80. The van der Waals surface area contributed by atoms with Gasteiger partial charge in [0.25, 0.3) is 5.91 Å². The zero-order valence-corrected chi connectivity index (χ0v) is 27.9. The van der Waals surface area contributed by atoms with Crippen molar-refractivity contribution in [3.05, 3.63) is 76.3 Å². The largest absolute Gasteiger partial charge is 0.490 e. The van der Waals surface area contributed by atoms with Gasteiger partial charge in [-0.1, -0.05) is 36.4 Å². The second kappa shape index (κ2) is 12.4. The number of nitrogen functional groups attached to an aromatic ring is 1. The first kappa shape index (κ1) is 30.8. The molecular formula is C35H38ClN6O3P. The molecule has 2 amide bonds. The van der Waals surface area contributed by atoms with E-state index in [0.717, 1.165) is 64.6 Å². The van der Waals surface area contributed by atoms with Gasteiger partial charge in [0.15, 0.2) is 5.75 Å². The van der Waals surface area contributed by atoms with Crippen molar-refractivity contribution in [1.29, 1.82) is 0 Å². The number of piperazine rings is 1. The lowest BCUT2D eigenvalue weighted by atomic mass is 9.95. The molecule has 7 rings (SSSR count). The van der Waals surface area contributed by atoms with Crippen LogP contribution in [-0.4, -0.2) is 69.7 Å². The van der Waals surface area contributed by atoms with E-state index in [1.165, 1.54) is 6.08 Å². The summed E-state index contributed by atoms with van der Waals surface area (Å²) in [5.41, 5.74) is 13.6. The van der Waals surface area contributed by atoms with Crippen molar-refractivity contribution in [3.8, 4) is 16.9 Å². The lowest BCUT2D eigenvalue weighted by molar-refractivity contribution is -0.128. The monoisotopic (exact) mass is 656 g/mol. The first-order valence-electron chi connectivity index (χ1n) is 16.0. The van der Waals surface area contributed by atoms with Crippen LogP contribution in [0.25, 0.3) is 11.1 Å². The molecular weight excluding hydrogens is 619 g/mol. The number of aromatic nitrogens is 2. The van der Waals surface area contributed by atoms with Crippen LogP contribution in [0.3, 0.4) is 0 Å². The van der Waals surface area contributed by atoms with E-state index in [0.29, 0.717) is 72.4 Å². The molecule has 0 spiro atoms. The molecule has 0 radical (unpaired) electrons. The Morgan fingerprint density at radius 1 is 1.15 bits per heavy atom. The van der Waals surface area contributed by atoms with Gasteiger partial charge in [0.05, 0.1) is 35.1 Å². The van der Waals surface area contributed by atoms with Gasteiger partial charge in [-0.3, -0.25) is 9.59 Å². The summed E-state index contributed by atoms with van der Waals surface area (Å²) in [4.78, 5) is 44.4. The molecule has 0 bridgehead atoms. The van der Waals surface area contributed by atoms with Crippen molar-refractivity contribution in [3.63, 3.8) is 0 Å². The summed E-state index contributed by atoms with van der Waals surface area (Å²) >= 11 is 7.10.